The molecule has 88 valence electrons. The van der Waals surface area contributed by atoms with Crippen molar-refractivity contribution >= 4 is 15.9 Å². The van der Waals surface area contributed by atoms with E-state index in [1.54, 1.807) is 11.8 Å². The van der Waals surface area contributed by atoms with Crippen LogP contribution in [0.3, 0.4) is 0 Å². The van der Waals surface area contributed by atoms with E-state index in [2.05, 4.69) is 4.72 Å². The number of nitrogens with zero attached hydrogens (tertiary/aromatic N) is 1. The summed E-state index contributed by atoms with van der Waals surface area (Å²) in [5.41, 5.74) is 0. The van der Waals surface area contributed by atoms with Crippen molar-refractivity contribution in [3.8, 4) is 0 Å². The Morgan fingerprint density at radius 2 is 1.87 bits per heavy atom. The SMILES string of the molecule is CCS(=O)(=O)NCC(=O)N1CCCCC1. The van der Waals surface area contributed by atoms with E-state index in [0.29, 0.717) is 0 Å². The molecule has 0 spiro atoms. The molecular weight excluding hydrogens is 216 g/mol. The summed E-state index contributed by atoms with van der Waals surface area (Å²) in [7, 11) is -3.25. The molecule has 0 aliphatic carbocycles. The Hall–Kier alpha value is -0.620. The molecule has 1 saturated heterocycles. The molecule has 1 heterocycles. The molecule has 0 saturated carbocycles. The average Bonchev–Trinajstić information content (AvgIpc) is 2.27. The van der Waals surface area contributed by atoms with Gasteiger partial charge in [0, 0.05) is 13.1 Å². The molecule has 0 aromatic heterocycles. The number of hydrogen-bond donors (Lipinski definition) is 1. The smallest absolute Gasteiger partial charge is 0.237 e. The maximum Gasteiger partial charge on any atom is 0.237 e. The molecule has 1 aliphatic heterocycles. The van der Waals surface area contributed by atoms with Crippen LogP contribution in [-0.4, -0.2) is 44.6 Å². The predicted molar refractivity (Wildman–Crippen MR) is 57.9 cm³/mol. The third-order valence-corrected chi connectivity index (χ3v) is 3.88. The van der Waals surface area contributed by atoms with E-state index in [4.69, 9.17) is 0 Å². The van der Waals surface area contributed by atoms with Crippen LogP contribution in [0.2, 0.25) is 0 Å². The molecular formula is C9H18N2O3S. The maximum atomic E-state index is 11.6. The molecule has 1 N–H and O–H groups in total. The Labute approximate surface area is 90.9 Å². The number of sulfonamides is 1. The lowest BCUT2D eigenvalue weighted by Gasteiger charge is -2.26. The van der Waals surface area contributed by atoms with Gasteiger partial charge in [0.15, 0.2) is 0 Å². The summed E-state index contributed by atoms with van der Waals surface area (Å²) in [4.78, 5) is 13.3. The second-order valence-corrected chi connectivity index (χ2v) is 5.76. The van der Waals surface area contributed by atoms with Gasteiger partial charge in [-0.05, 0) is 26.2 Å². The van der Waals surface area contributed by atoms with E-state index in [1.165, 1.54) is 0 Å². The van der Waals surface area contributed by atoms with Crippen LogP contribution in [-0.2, 0) is 14.8 Å². The monoisotopic (exact) mass is 234 g/mol. The van der Waals surface area contributed by atoms with Gasteiger partial charge in [0.25, 0.3) is 0 Å². The van der Waals surface area contributed by atoms with E-state index in [9.17, 15) is 13.2 Å². The van der Waals surface area contributed by atoms with Gasteiger partial charge in [-0.25, -0.2) is 13.1 Å². The van der Waals surface area contributed by atoms with Crippen molar-refractivity contribution in [2.45, 2.75) is 26.2 Å². The van der Waals surface area contributed by atoms with Gasteiger partial charge in [0.2, 0.25) is 15.9 Å². The molecule has 6 heteroatoms. The zero-order valence-electron chi connectivity index (χ0n) is 9.03. The van der Waals surface area contributed by atoms with Gasteiger partial charge < -0.3 is 4.90 Å². The molecule has 1 amide bonds. The van der Waals surface area contributed by atoms with Gasteiger partial charge in [0.05, 0.1) is 12.3 Å². The molecule has 0 unspecified atom stereocenters. The molecule has 0 radical (unpaired) electrons. The van der Waals surface area contributed by atoms with Crippen LogP contribution in [0, 0.1) is 0 Å². The van der Waals surface area contributed by atoms with E-state index >= 15 is 0 Å². The van der Waals surface area contributed by atoms with Crippen molar-refractivity contribution in [1.29, 1.82) is 0 Å². The lowest BCUT2D eigenvalue weighted by atomic mass is 10.1. The fraction of sp³-hybridized carbons (Fsp3) is 0.889. The number of amides is 1. The summed E-state index contributed by atoms with van der Waals surface area (Å²) >= 11 is 0. The van der Waals surface area contributed by atoms with Crippen molar-refractivity contribution in [1.82, 2.24) is 9.62 Å². The maximum absolute atomic E-state index is 11.6. The van der Waals surface area contributed by atoms with Gasteiger partial charge in [-0.15, -0.1) is 0 Å². The molecule has 5 nitrogen and oxygen atoms in total. The highest BCUT2D eigenvalue weighted by molar-refractivity contribution is 7.89. The number of nitrogens with one attached hydrogen (secondary N) is 1. The third kappa shape index (κ3) is 4.17. The van der Waals surface area contributed by atoms with Crippen LogP contribution in [0.25, 0.3) is 0 Å². The number of carbonyl (C=O) groups excluding carboxylic acids is 1. The molecule has 0 aromatic rings. The first-order valence-electron chi connectivity index (χ1n) is 5.30. The van der Waals surface area contributed by atoms with Crippen molar-refractivity contribution in [2.75, 3.05) is 25.4 Å². The Morgan fingerprint density at radius 3 is 2.40 bits per heavy atom. The summed E-state index contributed by atoms with van der Waals surface area (Å²) in [6.07, 6.45) is 3.20. The Balaban J connectivity index is 2.35. The number of rotatable bonds is 4. The highest BCUT2D eigenvalue weighted by atomic mass is 32.2. The standard InChI is InChI=1S/C9H18N2O3S/c1-2-15(13,14)10-8-9(12)11-6-4-3-5-7-11/h10H,2-8H2,1H3. The second kappa shape index (κ2) is 5.46. The van der Waals surface area contributed by atoms with Gasteiger partial charge in [-0.1, -0.05) is 0 Å². The molecule has 0 aromatic carbocycles. The fourth-order valence-electron chi connectivity index (χ4n) is 1.53. The van der Waals surface area contributed by atoms with Crippen LogP contribution in [0.4, 0.5) is 0 Å². The largest absolute Gasteiger partial charge is 0.342 e. The van der Waals surface area contributed by atoms with E-state index in [0.717, 1.165) is 32.4 Å². The van der Waals surface area contributed by atoms with Crippen molar-refractivity contribution in [3.05, 3.63) is 0 Å². The topological polar surface area (TPSA) is 66.5 Å². The Bertz CT molecular complexity index is 307. The lowest BCUT2D eigenvalue weighted by Crippen LogP contribution is -2.42. The van der Waals surface area contributed by atoms with Crippen LogP contribution < -0.4 is 4.72 Å². The first kappa shape index (κ1) is 12.4. The summed E-state index contributed by atoms with van der Waals surface area (Å²) < 4.78 is 24.5. The summed E-state index contributed by atoms with van der Waals surface area (Å²) in [6, 6.07) is 0. The summed E-state index contributed by atoms with van der Waals surface area (Å²) in [5.74, 6) is -0.105. The van der Waals surface area contributed by atoms with Crippen molar-refractivity contribution < 1.29 is 13.2 Å². The first-order chi connectivity index (χ1) is 7.05. The third-order valence-electron chi connectivity index (χ3n) is 2.53. The van der Waals surface area contributed by atoms with Gasteiger partial charge in [0.1, 0.15) is 0 Å². The zero-order chi connectivity index (χ0) is 11.3. The van der Waals surface area contributed by atoms with Gasteiger partial charge >= 0.3 is 0 Å². The lowest BCUT2D eigenvalue weighted by molar-refractivity contribution is -0.130. The second-order valence-electron chi connectivity index (χ2n) is 3.67. The minimum Gasteiger partial charge on any atom is -0.342 e. The van der Waals surface area contributed by atoms with E-state index < -0.39 is 10.0 Å². The minimum atomic E-state index is -3.25. The number of likely N-dealkylation sites (tertiary alicyclic amines) is 1. The highest BCUT2D eigenvalue weighted by Gasteiger charge is 2.17. The van der Waals surface area contributed by atoms with Crippen LogP contribution >= 0.6 is 0 Å². The Morgan fingerprint density at radius 1 is 1.27 bits per heavy atom. The first-order valence-corrected chi connectivity index (χ1v) is 6.95. The Kier molecular flexibility index (Phi) is 4.53. The number of hydrogen-bond acceptors (Lipinski definition) is 3. The van der Waals surface area contributed by atoms with Gasteiger partial charge in [-0.2, -0.15) is 0 Å². The predicted octanol–water partition coefficient (Wildman–Crippen LogP) is -0.0618. The molecule has 1 rings (SSSR count). The van der Waals surface area contributed by atoms with E-state index in [-0.39, 0.29) is 18.2 Å². The van der Waals surface area contributed by atoms with Crippen LogP contribution in [0.15, 0.2) is 0 Å². The zero-order valence-corrected chi connectivity index (χ0v) is 9.85. The van der Waals surface area contributed by atoms with E-state index in [1.807, 2.05) is 0 Å². The number of carbonyl (C=O) groups is 1. The molecule has 0 atom stereocenters. The fourth-order valence-corrected chi connectivity index (χ4v) is 2.08. The van der Waals surface area contributed by atoms with Crippen LogP contribution in [0.5, 0.6) is 0 Å². The molecule has 1 aliphatic rings. The van der Waals surface area contributed by atoms with Crippen molar-refractivity contribution in [3.63, 3.8) is 0 Å². The van der Waals surface area contributed by atoms with Crippen LogP contribution in [0.1, 0.15) is 26.2 Å². The minimum absolute atomic E-state index is 0.0142. The average molecular weight is 234 g/mol. The highest BCUT2D eigenvalue weighted by Crippen LogP contribution is 2.08. The van der Waals surface area contributed by atoms with Gasteiger partial charge in [-0.3, -0.25) is 4.79 Å². The molecule has 1 fully saturated rings. The molecule has 15 heavy (non-hydrogen) atoms. The summed E-state index contributed by atoms with van der Waals surface area (Å²) in [6.45, 7) is 2.96. The summed E-state index contributed by atoms with van der Waals surface area (Å²) in [5, 5.41) is 0. The van der Waals surface area contributed by atoms with Crippen molar-refractivity contribution in [2.24, 2.45) is 0 Å². The normalized spacial score (nSPS) is 17.8. The molecule has 0 bridgehead atoms. The quantitative estimate of drug-likeness (QED) is 0.741. The number of piperidine rings is 1.